The molecular weight excluding hydrogens is 368 g/mol. The molecule has 1 amide bonds. The largest absolute Gasteiger partial charge is 0.454 e. The van der Waals surface area contributed by atoms with Crippen molar-refractivity contribution in [3.05, 3.63) is 46.8 Å². The summed E-state index contributed by atoms with van der Waals surface area (Å²) >= 11 is 0. The molecule has 0 saturated carbocycles. The molecule has 6 heteroatoms. The number of rotatable bonds is 2. The number of Topliss-reactive ketones (excluding diaryl/α,β-unsaturated/α-hetero) is 1. The molecule has 1 aliphatic carbocycles. The number of nitrogens with one attached hydrogen (secondary N) is 1. The third kappa shape index (κ3) is 3.11. The molecule has 0 aromatic heterocycles. The van der Waals surface area contributed by atoms with Crippen LogP contribution in [0.4, 0.5) is 0 Å². The smallest absolute Gasteiger partial charge is 0.252 e. The van der Waals surface area contributed by atoms with Crippen LogP contribution in [0.15, 0.2) is 41.2 Å². The SMILES string of the molecule is CC1=C(C(=O)N2CCCCC2)C(c2ccc3c(c2)OCO3)C2C(=O)CCC=C2N1. The summed E-state index contributed by atoms with van der Waals surface area (Å²) in [5.41, 5.74) is 3.42. The molecule has 5 rings (SSSR count). The number of hydrogen-bond acceptors (Lipinski definition) is 5. The minimum absolute atomic E-state index is 0.0507. The van der Waals surface area contributed by atoms with E-state index in [-0.39, 0.29) is 30.3 Å². The maximum absolute atomic E-state index is 13.6. The summed E-state index contributed by atoms with van der Waals surface area (Å²) in [5.74, 6) is 0.968. The predicted octanol–water partition coefficient (Wildman–Crippen LogP) is 3.25. The highest BCUT2D eigenvalue weighted by Gasteiger charge is 2.44. The molecule has 1 fully saturated rings. The fraction of sp³-hybridized carbons (Fsp3) is 0.478. The Balaban J connectivity index is 1.61. The van der Waals surface area contributed by atoms with Gasteiger partial charge < -0.3 is 19.7 Å². The molecule has 0 spiro atoms. The predicted molar refractivity (Wildman–Crippen MR) is 107 cm³/mol. The number of ketones is 1. The van der Waals surface area contributed by atoms with Gasteiger partial charge in [0.2, 0.25) is 6.79 Å². The highest BCUT2D eigenvalue weighted by molar-refractivity contribution is 5.99. The van der Waals surface area contributed by atoms with Gasteiger partial charge in [0.25, 0.3) is 5.91 Å². The van der Waals surface area contributed by atoms with Gasteiger partial charge in [0.05, 0.1) is 5.92 Å². The lowest BCUT2D eigenvalue weighted by Crippen LogP contribution is -2.45. The van der Waals surface area contributed by atoms with Crippen molar-refractivity contribution in [2.24, 2.45) is 5.92 Å². The number of piperidine rings is 1. The van der Waals surface area contributed by atoms with Crippen LogP contribution in [0.25, 0.3) is 0 Å². The van der Waals surface area contributed by atoms with Crippen LogP contribution in [-0.2, 0) is 9.59 Å². The summed E-state index contributed by atoms with van der Waals surface area (Å²) in [6.45, 7) is 3.72. The Labute approximate surface area is 170 Å². The van der Waals surface area contributed by atoms with Gasteiger partial charge in [-0.25, -0.2) is 0 Å². The number of likely N-dealkylation sites (tertiary alicyclic amines) is 1. The van der Waals surface area contributed by atoms with Crippen LogP contribution in [0.5, 0.6) is 11.5 Å². The molecule has 1 aromatic carbocycles. The van der Waals surface area contributed by atoms with Crippen molar-refractivity contribution < 1.29 is 19.1 Å². The Bertz CT molecular complexity index is 927. The average Bonchev–Trinajstić information content (AvgIpc) is 3.21. The standard InChI is InChI=1S/C23H26N2O4/c1-14-20(23(27)25-10-3-2-4-11-25)21(22-16(24-14)6-5-7-17(22)26)15-8-9-18-19(12-15)29-13-28-18/h6,8-9,12,21-22,24H,2-5,7,10-11,13H2,1H3. The van der Waals surface area contributed by atoms with E-state index >= 15 is 0 Å². The van der Waals surface area contributed by atoms with Crippen molar-refractivity contribution in [1.29, 1.82) is 0 Å². The molecule has 152 valence electrons. The fourth-order valence-electron chi connectivity index (χ4n) is 5.03. The summed E-state index contributed by atoms with van der Waals surface area (Å²) < 4.78 is 11.0. The van der Waals surface area contributed by atoms with Crippen LogP contribution in [0.2, 0.25) is 0 Å². The van der Waals surface area contributed by atoms with Crippen LogP contribution >= 0.6 is 0 Å². The first kappa shape index (κ1) is 18.3. The van der Waals surface area contributed by atoms with E-state index in [1.54, 1.807) is 0 Å². The number of allylic oxidation sites excluding steroid dienone is 3. The number of amides is 1. The summed E-state index contributed by atoms with van der Waals surface area (Å²) in [5, 5.41) is 3.39. The van der Waals surface area contributed by atoms with Crippen LogP contribution in [-0.4, -0.2) is 36.5 Å². The third-order valence-electron chi connectivity index (χ3n) is 6.45. The second-order valence-corrected chi connectivity index (χ2v) is 8.25. The van der Waals surface area contributed by atoms with E-state index in [1.807, 2.05) is 30.0 Å². The topological polar surface area (TPSA) is 67.9 Å². The van der Waals surface area contributed by atoms with Gasteiger partial charge in [0.1, 0.15) is 5.78 Å². The molecule has 4 aliphatic rings. The number of nitrogens with zero attached hydrogens (tertiary/aromatic N) is 1. The van der Waals surface area contributed by atoms with Crippen molar-refractivity contribution in [2.75, 3.05) is 19.9 Å². The summed E-state index contributed by atoms with van der Waals surface area (Å²) in [6.07, 6.45) is 6.61. The number of hydrogen-bond donors (Lipinski definition) is 1. The van der Waals surface area contributed by atoms with Gasteiger partial charge in [-0.3, -0.25) is 9.59 Å². The van der Waals surface area contributed by atoms with Crippen LogP contribution in [0.1, 0.15) is 50.5 Å². The van der Waals surface area contributed by atoms with E-state index in [1.165, 1.54) is 6.42 Å². The second-order valence-electron chi connectivity index (χ2n) is 8.25. The number of carbonyl (C=O) groups excluding carboxylic acids is 2. The van der Waals surface area contributed by atoms with Crippen LogP contribution in [0, 0.1) is 5.92 Å². The van der Waals surface area contributed by atoms with E-state index in [9.17, 15) is 9.59 Å². The van der Waals surface area contributed by atoms with E-state index in [2.05, 4.69) is 11.4 Å². The van der Waals surface area contributed by atoms with Gasteiger partial charge in [-0.1, -0.05) is 12.1 Å². The van der Waals surface area contributed by atoms with Crippen LogP contribution in [0.3, 0.4) is 0 Å². The van der Waals surface area contributed by atoms with E-state index in [0.29, 0.717) is 23.5 Å². The number of carbonyl (C=O) groups is 2. The lowest BCUT2D eigenvalue weighted by atomic mass is 9.70. The summed E-state index contributed by atoms with van der Waals surface area (Å²) in [6, 6.07) is 5.79. The molecule has 1 saturated heterocycles. The normalized spacial score (nSPS) is 26.0. The molecule has 1 N–H and O–H groups in total. The van der Waals surface area contributed by atoms with Crippen LogP contribution < -0.4 is 14.8 Å². The van der Waals surface area contributed by atoms with Crippen molar-refractivity contribution >= 4 is 11.7 Å². The second kappa shape index (κ2) is 7.25. The molecule has 2 atom stereocenters. The first-order valence-corrected chi connectivity index (χ1v) is 10.5. The minimum Gasteiger partial charge on any atom is -0.454 e. The number of fused-ring (bicyclic) bond motifs is 2. The van der Waals surface area contributed by atoms with Gasteiger partial charge in [0.15, 0.2) is 11.5 Å². The molecule has 6 nitrogen and oxygen atoms in total. The Morgan fingerprint density at radius 1 is 1.10 bits per heavy atom. The van der Waals surface area contributed by atoms with Crippen molar-refractivity contribution in [2.45, 2.75) is 44.9 Å². The summed E-state index contributed by atoms with van der Waals surface area (Å²) in [7, 11) is 0. The minimum atomic E-state index is -0.350. The molecule has 1 aromatic rings. The van der Waals surface area contributed by atoms with Gasteiger partial charge >= 0.3 is 0 Å². The zero-order valence-corrected chi connectivity index (χ0v) is 16.7. The average molecular weight is 394 g/mol. The molecule has 0 bridgehead atoms. The molecule has 2 unspecified atom stereocenters. The van der Waals surface area contributed by atoms with Gasteiger partial charge in [-0.2, -0.15) is 0 Å². The van der Waals surface area contributed by atoms with Gasteiger partial charge in [-0.05, 0) is 50.3 Å². The fourth-order valence-corrected chi connectivity index (χ4v) is 5.03. The Kier molecular flexibility index (Phi) is 4.57. The lowest BCUT2D eigenvalue weighted by Gasteiger charge is -2.40. The molecule has 3 aliphatic heterocycles. The lowest BCUT2D eigenvalue weighted by molar-refractivity contribution is -0.129. The van der Waals surface area contributed by atoms with Gasteiger partial charge in [0, 0.05) is 42.4 Å². The molecule has 0 radical (unpaired) electrons. The molecule has 3 heterocycles. The van der Waals surface area contributed by atoms with Gasteiger partial charge in [-0.15, -0.1) is 0 Å². The Hall–Kier alpha value is -2.76. The molecule has 29 heavy (non-hydrogen) atoms. The Morgan fingerprint density at radius 3 is 2.72 bits per heavy atom. The van der Waals surface area contributed by atoms with Crippen molar-refractivity contribution in [3.8, 4) is 11.5 Å². The first-order valence-electron chi connectivity index (χ1n) is 10.5. The third-order valence-corrected chi connectivity index (χ3v) is 6.45. The number of ether oxygens (including phenoxy) is 2. The van der Waals surface area contributed by atoms with Crippen molar-refractivity contribution in [3.63, 3.8) is 0 Å². The van der Waals surface area contributed by atoms with Crippen molar-refractivity contribution in [1.82, 2.24) is 10.2 Å². The van der Waals surface area contributed by atoms with E-state index in [0.717, 1.165) is 49.3 Å². The monoisotopic (exact) mass is 394 g/mol. The Morgan fingerprint density at radius 2 is 1.90 bits per heavy atom. The maximum Gasteiger partial charge on any atom is 0.252 e. The number of benzene rings is 1. The molecular formula is C23H26N2O4. The first-order chi connectivity index (χ1) is 14.1. The zero-order valence-electron chi connectivity index (χ0n) is 16.7. The highest BCUT2D eigenvalue weighted by atomic mass is 16.7. The van der Waals surface area contributed by atoms with E-state index in [4.69, 9.17) is 9.47 Å². The van der Waals surface area contributed by atoms with E-state index < -0.39 is 0 Å². The maximum atomic E-state index is 13.6. The summed E-state index contributed by atoms with van der Waals surface area (Å²) in [4.78, 5) is 28.6. The zero-order chi connectivity index (χ0) is 20.0. The highest BCUT2D eigenvalue weighted by Crippen LogP contribution is 2.46. The quantitative estimate of drug-likeness (QED) is 0.834.